The van der Waals surface area contributed by atoms with E-state index < -0.39 is 0 Å². The zero-order chi connectivity index (χ0) is 12.0. The average Bonchev–Trinajstić information content (AvgIpc) is 2.96. The Bertz CT molecular complexity index is 447. The highest BCUT2D eigenvalue weighted by Crippen LogP contribution is 2.38. The number of hydrogen-bond donors (Lipinski definition) is 1. The first-order valence-electron chi connectivity index (χ1n) is 5.86. The molecule has 1 saturated carbocycles. The first-order valence-corrected chi connectivity index (χ1v) is 7.54. The summed E-state index contributed by atoms with van der Waals surface area (Å²) in [6.45, 7) is 1.53. The van der Waals surface area contributed by atoms with Crippen molar-refractivity contribution in [1.29, 1.82) is 0 Å². The van der Waals surface area contributed by atoms with E-state index in [2.05, 4.69) is 15.9 Å². The number of carbonyl (C=O) groups excluding carboxylic acids is 1. The van der Waals surface area contributed by atoms with Crippen LogP contribution in [-0.2, 0) is 0 Å². The van der Waals surface area contributed by atoms with Crippen LogP contribution in [0.5, 0.6) is 0 Å². The van der Waals surface area contributed by atoms with Gasteiger partial charge in [0.1, 0.15) is 0 Å². The highest BCUT2D eigenvalue weighted by atomic mass is 79.9. The average molecular weight is 316 g/mol. The normalized spacial score (nSPS) is 31.9. The van der Waals surface area contributed by atoms with Gasteiger partial charge in [0.2, 0.25) is 0 Å². The molecule has 0 aromatic carbocycles. The second kappa shape index (κ2) is 4.37. The van der Waals surface area contributed by atoms with Crippen LogP contribution >= 0.6 is 27.3 Å². The van der Waals surface area contributed by atoms with Crippen LogP contribution in [0.15, 0.2) is 15.2 Å². The van der Waals surface area contributed by atoms with Crippen LogP contribution in [0.4, 0.5) is 0 Å². The van der Waals surface area contributed by atoms with Gasteiger partial charge in [-0.3, -0.25) is 4.79 Å². The second-order valence-corrected chi connectivity index (χ2v) is 7.21. The van der Waals surface area contributed by atoms with E-state index in [0.29, 0.717) is 11.8 Å². The first kappa shape index (κ1) is 11.7. The molecule has 0 bridgehead atoms. The van der Waals surface area contributed by atoms with Crippen molar-refractivity contribution in [2.24, 2.45) is 11.8 Å². The van der Waals surface area contributed by atoms with E-state index in [0.717, 1.165) is 35.3 Å². The number of aliphatic hydroxyl groups excluding tert-OH is 1. The number of likely N-dealkylation sites (tertiary alicyclic amines) is 1. The van der Waals surface area contributed by atoms with E-state index in [1.54, 1.807) is 0 Å². The molecular formula is C12H14BrNO2S. The van der Waals surface area contributed by atoms with E-state index in [-0.39, 0.29) is 12.0 Å². The Balaban J connectivity index is 1.73. The fourth-order valence-corrected chi connectivity index (χ4v) is 4.14. The lowest BCUT2D eigenvalue weighted by atomic mass is 10.00. The van der Waals surface area contributed by atoms with Gasteiger partial charge in [0.25, 0.3) is 5.91 Å². The lowest BCUT2D eigenvalue weighted by molar-refractivity contribution is 0.0753. The molecule has 1 aliphatic carbocycles. The van der Waals surface area contributed by atoms with Gasteiger partial charge in [-0.15, -0.1) is 11.3 Å². The van der Waals surface area contributed by atoms with Crippen LogP contribution in [0.2, 0.25) is 0 Å². The van der Waals surface area contributed by atoms with E-state index in [9.17, 15) is 9.90 Å². The molecule has 17 heavy (non-hydrogen) atoms. The van der Waals surface area contributed by atoms with Crippen LogP contribution in [0.1, 0.15) is 23.2 Å². The lowest BCUT2D eigenvalue weighted by Crippen LogP contribution is -2.30. The number of nitrogens with zero attached hydrogens (tertiary/aromatic N) is 1. The van der Waals surface area contributed by atoms with Gasteiger partial charge in [0.05, 0.1) is 15.5 Å². The fraction of sp³-hybridized carbons (Fsp3) is 0.583. The monoisotopic (exact) mass is 315 g/mol. The van der Waals surface area contributed by atoms with Crippen LogP contribution in [-0.4, -0.2) is 35.1 Å². The number of halogens is 1. The smallest absolute Gasteiger partial charge is 0.254 e. The van der Waals surface area contributed by atoms with Crippen LogP contribution in [0.3, 0.4) is 0 Å². The van der Waals surface area contributed by atoms with Crippen LogP contribution < -0.4 is 0 Å². The Hall–Kier alpha value is -0.390. The largest absolute Gasteiger partial charge is 0.393 e. The molecule has 1 aliphatic heterocycles. The summed E-state index contributed by atoms with van der Waals surface area (Å²) in [5.41, 5.74) is 0.760. The van der Waals surface area contributed by atoms with Crippen molar-refractivity contribution in [3.63, 3.8) is 0 Å². The summed E-state index contributed by atoms with van der Waals surface area (Å²) in [6, 6.07) is 1.87. The number of aliphatic hydroxyl groups is 1. The minimum absolute atomic E-state index is 0.105. The molecular weight excluding hydrogens is 302 g/mol. The quantitative estimate of drug-likeness (QED) is 0.864. The van der Waals surface area contributed by atoms with Crippen molar-refractivity contribution < 1.29 is 9.90 Å². The van der Waals surface area contributed by atoms with E-state index >= 15 is 0 Å². The zero-order valence-corrected chi connectivity index (χ0v) is 11.7. The Morgan fingerprint density at radius 2 is 2.29 bits per heavy atom. The maximum absolute atomic E-state index is 12.2. The maximum Gasteiger partial charge on any atom is 0.254 e. The molecule has 1 amide bonds. The van der Waals surface area contributed by atoms with Crippen molar-refractivity contribution in [1.82, 2.24) is 4.90 Å². The third kappa shape index (κ3) is 2.04. The van der Waals surface area contributed by atoms with Gasteiger partial charge in [-0.2, -0.15) is 0 Å². The molecule has 1 aromatic rings. The minimum atomic E-state index is -0.202. The van der Waals surface area contributed by atoms with E-state index in [4.69, 9.17) is 0 Å². The van der Waals surface area contributed by atoms with E-state index in [1.165, 1.54) is 11.3 Å². The van der Waals surface area contributed by atoms with Crippen LogP contribution in [0, 0.1) is 11.8 Å². The van der Waals surface area contributed by atoms with Crippen molar-refractivity contribution in [3.05, 3.63) is 20.8 Å². The third-order valence-electron chi connectivity index (χ3n) is 3.92. The van der Waals surface area contributed by atoms with Gasteiger partial charge in [0.15, 0.2) is 0 Å². The summed E-state index contributed by atoms with van der Waals surface area (Å²) in [4.78, 5) is 14.1. The molecule has 2 fully saturated rings. The lowest BCUT2D eigenvalue weighted by Gasteiger charge is -2.17. The summed E-state index contributed by atoms with van der Waals surface area (Å²) in [5, 5.41) is 11.7. The van der Waals surface area contributed by atoms with E-state index in [1.807, 2.05) is 16.3 Å². The molecule has 3 unspecified atom stereocenters. The maximum atomic E-state index is 12.2. The first-order chi connectivity index (χ1) is 8.15. The molecule has 3 atom stereocenters. The molecule has 3 nitrogen and oxygen atoms in total. The number of carbonyl (C=O) groups is 1. The molecule has 92 valence electrons. The zero-order valence-electron chi connectivity index (χ0n) is 9.30. The Labute approximate surface area is 113 Å². The van der Waals surface area contributed by atoms with Gasteiger partial charge in [-0.1, -0.05) is 0 Å². The van der Waals surface area contributed by atoms with Gasteiger partial charge >= 0.3 is 0 Å². The highest BCUT2D eigenvalue weighted by molar-refractivity contribution is 9.11. The molecule has 0 radical (unpaired) electrons. The molecule has 2 heterocycles. The predicted octanol–water partition coefficient (Wildman–Crippen LogP) is 2.35. The van der Waals surface area contributed by atoms with Gasteiger partial charge in [-0.05, 0) is 40.8 Å². The molecule has 1 saturated heterocycles. The number of rotatable bonds is 1. The van der Waals surface area contributed by atoms with Gasteiger partial charge < -0.3 is 10.0 Å². The number of hydrogen-bond acceptors (Lipinski definition) is 3. The van der Waals surface area contributed by atoms with Crippen molar-refractivity contribution >= 4 is 33.2 Å². The molecule has 1 aromatic heterocycles. The molecule has 2 aliphatic rings. The SMILES string of the molecule is O=C(c1csc(Br)c1)N1CC2CCC(O)C2C1. The summed E-state index contributed by atoms with van der Waals surface area (Å²) in [7, 11) is 0. The Kier molecular flexibility index (Phi) is 3.00. The summed E-state index contributed by atoms with van der Waals surface area (Å²) in [5.74, 6) is 0.922. The summed E-state index contributed by atoms with van der Waals surface area (Å²) in [6.07, 6.45) is 1.76. The second-order valence-electron chi connectivity index (χ2n) is 4.92. The topological polar surface area (TPSA) is 40.5 Å². The fourth-order valence-electron chi connectivity index (χ4n) is 3.01. The number of amides is 1. The Morgan fingerprint density at radius 3 is 2.94 bits per heavy atom. The molecule has 5 heteroatoms. The molecule has 0 spiro atoms. The third-order valence-corrected chi connectivity index (χ3v) is 5.43. The predicted molar refractivity (Wildman–Crippen MR) is 70.1 cm³/mol. The summed E-state index contributed by atoms with van der Waals surface area (Å²) >= 11 is 4.91. The van der Waals surface area contributed by atoms with Gasteiger partial charge in [0, 0.05) is 24.4 Å². The molecule has 1 N–H and O–H groups in total. The van der Waals surface area contributed by atoms with Crippen molar-refractivity contribution in [2.45, 2.75) is 18.9 Å². The summed E-state index contributed by atoms with van der Waals surface area (Å²) < 4.78 is 0.986. The molecule has 3 rings (SSSR count). The minimum Gasteiger partial charge on any atom is -0.393 e. The van der Waals surface area contributed by atoms with Crippen LogP contribution in [0.25, 0.3) is 0 Å². The van der Waals surface area contributed by atoms with Gasteiger partial charge in [-0.25, -0.2) is 0 Å². The van der Waals surface area contributed by atoms with Crippen molar-refractivity contribution in [2.75, 3.05) is 13.1 Å². The number of thiophene rings is 1. The number of fused-ring (bicyclic) bond motifs is 1. The Morgan fingerprint density at radius 1 is 1.47 bits per heavy atom. The van der Waals surface area contributed by atoms with Crippen molar-refractivity contribution in [3.8, 4) is 0 Å². The highest BCUT2D eigenvalue weighted by Gasteiger charge is 2.43. The standard InChI is InChI=1S/C12H14BrNO2S/c13-11-3-8(6-17-11)12(16)14-4-7-1-2-10(15)9(7)5-14/h3,6-7,9-10,15H,1-2,4-5H2.